The molecule has 2 saturated carbocycles. The van der Waals surface area contributed by atoms with E-state index in [0.717, 1.165) is 26.0 Å². The van der Waals surface area contributed by atoms with Gasteiger partial charge in [0, 0.05) is 31.6 Å². The minimum Gasteiger partial charge on any atom is -0.372 e. The van der Waals surface area contributed by atoms with Crippen LogP contribution in [0.25, 0.3) is 0 Å². The minimum absolute atomic E-state index is 0.0469. The first kappa shape index (κ1) is 22.7. The van der Waals surface area contributed by atoms with Crippen LogP contribution in [0.5, 0.6) is 0 Å². The highest BCUT2D eigenvalue weighted by atomic mass is 16.5. The van der Waals surface area contributed by atoms with Crippen molar-refractivity contribution in [2.45, 2.75) is 90.3 Å². The lowest BCUT2D eigenvalue weighted by molar-refractivity contribution is -0.166. The van der Waals surface area contributed by atoms with Gasteiger partial charge in [-0.05, 0) is 94.1 Å². The highest BCUT2D eigenvalue weighted by Crippen LogP contribution is 2.68. The number of nitrogens with zero attached hydrogens (tertiary/aromatic N) is 2. The first-order chi connectivity index (χ1) is 15.2. The smallest absolute Gasteiger partial charge is 0.209 e. The third-order valence-corrected chi connectivity index (χ3v) is 11.4. The zero-order valence-corrected chi connectivity index (χ0v) is 21.2. The molecule has 0 radical (unpaired) electrons. The van der Waals surface area contributed by atoms with E-state index in [-0.39, 0.29) is 11.0 Å². The zero-order valence-electron chi connectivity index (χ0n) is 21.2. The monoisotopic (exact) mass is 440 g/mol. The summed E-state index contributed by atoms with van der Waals surface area (Å²) < 4.78 is 6.60. The molecule has 0 aromatic heterocycles. The SMILES string of the molecule is CC(C1CCC2(C)C3CCC4C(=CC3=CCC12C)CCC1N(C)CCOC41C)N(C)C=O. The van der Waals surface area contributed by atoms with Crippen LogP contribution >= 0.6 is 0 Å². The van der Waals surface area contributed by atoms with Crippen molar-refractivity contribution in [3.8, 4) is 0 Å². The topological polar surface area (TPSA) is 32.8 Å². The number of carbonyl (C=O) groups excluding carboxylic acids is 1. The Bertz CT molecular complexity index is 835. The molecule has 8 atom stereocenters. The fourth-order valence-corrected chi connectivity index (χ4v) is 9.05. The molecule has 4 nitrogen and oxygen atoms in total. The van der Waals surface area contributed by atoms with Crippen molar-refractivity contribution in [2.75, 3.05) is 27.2 Å². The predicted octanol–water partition coefficient (Wildman–Crippen LogP) is 5.05. The molecular formula is C28H44N2O2. The van der Waals surface area contributed by atoms with Crippen molar-refractivity contribution < 1.29 is 9.53 Å². The number of amides is 1. The van der Waals surface area contributed by atoms with E-state index in [1.807, 2.05) is 11.9 Å². The fraction of sp³-hybridized carbons (Fsp3) is 0.821. The van der Waals surface area contributed by atoms with E-state index < -0.39 is 0 Å². The van der Waals surface area contributed by atoms with Gasteiger partial charge in [-0.25, -0.2) is 0 Å². The Labute approximate surface area is 195 Å². The molecule has 3 fully saturated rings. The molecule has 5 aliphatic rings. The van der Waals surface area contributed by atoms with Crippen LogP contribution in [-0.4, -0.2) is 61.1 Å². The molecule has 0 spiro atoms. The molecule has 8 unspecified atom stereocenters. The molecule has 0 aromatic carbocycles. The Hall–Kier alpha value is -1.13. The van der Waals surface area contributed by atoms with Crippen LogP contribution in [0.2, 0.25) is 0 Å². The van der Waals surface area contributed by atoms with Crippen LogP contribution in [0.15, 0.2) is 23.3 Å². The van der Waals surface area contributed by atoms with Crippen molar-refractivity contribution in [3.05, 3.63) is 23.3 Å². The maximum Gasteiger partial charge on any atom is 0.209 e. The third kappa shape index (κ3) is 2.97. The number of hydrogen-bond acceptors (Lipinski definition) is 3. The Morgan fingerprint density at radius 1 is 1.16 bits per heavy atom. The Morgan fingerprint density at radius 2 is 1.91 bits per heavy atom. The maximum absolute atomic E-state index is 11.5. The molecule has 4 aliphatic carbocycles. The average Bonchev–Trinajstić information content (AvgIpc) is 2.91. The van der Waals surface area contributed by atoms with Gasteiger partial charge in [0.25, 0.3) is 0 Å². The van der Waals surface area contributed by atoms with Gasteiger partial charge in [-0.15, -0.1) is 0 Å². The number of carbonyl (C=O) groups is 1. The minimum atomic E-state index is -0.0469. The molecule has 1 saturated heterocycles. The zero-order chi connectivity index (χ0) is 22.9. The van der Waals surface area contributed by atoms with E-state index in [4.69, 9.17) is 4.74 Å². The molecular weight excluding hydrogens is 396 g/mol. The first-order valence-electron chi connectivity index (χ1n) is 13.1. The van der Waals surface area contributed by atoms with Crippen molar-refractivity contribution in [1.82, 2.24) is 9.80 Å². The number of allylic oxidation sites excluding steroid dienone is 3. The number of rotatable bonds is 3. The van der Waals surface area contributed by atoms with Crippen molar-refractivity contribution in [1.29, 1.82) is 0 Å². The third-order valence-electron chi connectivity index (χ3n) is 11.4. The summed E-state index contributed by atoms with van der Waals surface area (Å²) >= 11 is 0. The second-order valence-corrected chi connectivity index (χ2v) is 12.4. The standard InChI is InChI=1S/C28H44N2O2/c1-19(30(6)18-31)22-12-14-27(3)23-8-9-24-20(17-21(23)11-13-26(22,27)2)7-10-25-28(24,4)32-16-15-29(25)5/h11,17-19,22-25H,7-10,12-16H2,1-6H3. The Balaban J connectivity index is 1.47. The van der Waals surface area contributed by atoms with Gasteiger partial charge in [-0.1, -0.05) is 31.6 Å². The van der Waals surface area contributed by atoms with Crippen LogP contribution in [0, 0.1) is 28.6 Å². The number of likely N-dealkylation sites (N-methyl/N-ethyl adjacent to an activating group) is 1. The molecule has 5 rings (SSSR count). The molecule has 1 heterocycles. The van der Waals surface area contributed by atoms with Crippen molar-refractivity contribution in [2.24, 2.45) is 28.6 Å². The summed E-state index contributed by atoms with van der Waals surface area (Å²) in [5.41, 5.74) is 3.78. The lowest BCUT2D eigenvalue weighted by Crippen LogP contribution is -2.62. The van der Waals surface area contributed by atoms with Crippen LogP contribution in [0.4, 0.5) is 0 Å². The quantitative estimate of drug-likeness (QED) is 0.576. The summed E-state index contributed by atoms with van der Waals surface area (Å²) in [4.78, 5) is 16.0. The second-order valence-electron chi connectivity index (χ2n) is 12.4. The van der Waals surface area contributed by atoms with Gasteiger partial charge < -0.3 is 9.64 Å². The van der Waals surface area contributed by atoms with Gasteiger partial charge in [0.2, 0.25) is 6.41 Å². The van der Waals surface area contributed by atoms with E-state index in [2.05, 4.69) is 51.8 Å². The normalized spacial score (nSPS) is 47.1. The summed E-state index contributed by atoms with van der Waals surface area (Å²) in [6, 6.07) is 0.843. The van der Waals surface area contributed by atoms with E-state index in [1.54, 1.807) is 11.1 Å². The van der Waals surface area contributed by atoms with Gasteiger partial charge in [0.1, 0.15) is 0 Å². The molecule has 1 aliphatic heterocycles. The van der Waals surface area contributed by atoms with Gasteiger partial charge >= 0.3 is 0 Å². The summed E-state index contributed by atoms with van der Waals surface area (Å²) in [5.74, 6) is 1.74. The van der Waals surface area contributed by atoms with E-state index in [0.29, 0.717) is 35.3 Å². The summed E-state index contributed by atoms with van der Waals surface area (Å²) in [6.07, 6.45) is 14.9. The number of ether oxygens (including phenoxy) is 1. The van der Waals surface area contributed by atoms with Crippen molar-refractivity contribution >= 4 is 6.41 Å². The van der Waals surface area contributed by atoms with Crippen LogP contribution in [0.3, 0.4) is 0 Å². The summed E-state index contributed by atoms with van der Waals surface area (Å²) in [6.45, 7) is 11.7. The van der Waals surface area contributed by atoms with E-state index in [1.165, 1.54) is 38.5 Å². The molecule has 178 valence electrons. The molecule has 1 amide bonds. The van der Waals surface area contributed by atoms with E-state index in [9.17, 15) is 4.79 Å². The van der Waals surface area contributed by atoms with Crippen LogP contribution < -0.4 is 0 Å². The number of morpholine rings is 1. The molecule has 0 bridgehead atoms. The highest BCUT2D eigenvalue weighted by Gasteiger charge is 2.61. The second kappa shape index (κ2) is 7.70. The molecule has 0 N–H and O–H groups in total. The Morgan fingerprint density at radius 3 is 2.66 bits per heavy atom. The Kier molecular flexibility index (Phi) is 5.45. The lowest BCUT2D eigenvalue weighted by Gasteiger charge is -2.54. The van der Waals surface area contributed by atoms with Gasteiger partial charge in [-0.2, -0.15) is 0 Å². The largest absolute Gasteiger partial charge is 0.372 e. The fourth-order valence-electron chi connectivity index (χ4n) is 9.05. The van der Waals surface area contributed by atoms with Gasteiger partial charge in [0.05, 0.1) is 12.2 Å². The predicted molar refractivity (Wildman–Crippen MR) is 129 cm³/mol. The first-order valence-corrected chi connectivity index (χ1v) is 13.1. The summed E-state index contributed by atoms with van der Waals surface area (Å²) in [5, 5.41) is 0. The maximum atomic E-state index is 11.5. The number of hydrogen-bond donors (Lipinski definition) is 0. The molecule has 0 aromatic rings. The highest BCUT2D eigenvalue weighted by molar-refractivity contribution is 5.47. The van der Waals surface area contributed by atoms with Gasteiger partial charge in [-0.3, -0.25) is 9.69 Å². The number of fused-ring (bicyclic) bond motifs is 6. The van der Waals surface area contributed by atoms with E-state index >= 15 is 0 Å². The molecule has 4 heteroatoms. The van der Waals surface area contributed by atoms with Crippen LogP contribution in [0.1, 0.15) is 72.6 Å². The molecule has 32 heavy (non-hydrogen) atoms. The van der Waals surface area contributed by atoms with Crippen LogP contribution in [-0.2, 0) is 9.53 Å². The van der Waals surface area contributed by atoms with Crippen molar-refractivity contribution in [3.63, 3.8) is 0 Å². The average molecular weight is 441 g/mol. The summed E-state index contributed by atoms with van der Waals surface area (Å²) in [7, 11) is 4.25. The van der Waals surface area contributed by atoms with Gasteiger partial charge in [0.15, 0.2) is 0 Å². The lowest BCUT2D eigenvalue weighted by atomic mass is 9.51.